The van der Waals surface area contributed by atoms with E-state index in [2.05, 4.69) is 15.7 Å². The number of amides is 1. The van der Waals surface area contributed by atoms with Crippen molar-refractivity contribution in [3.63, 3.8) is 0 Å². The highest BCUT2D eigenvalue weighted by Gasteiger charge is 2.30. The van der Waals surface area contributed by atoms with Crippen molar-refractivity contribution in [2.24, 2.45) is 0 Å². The molecule has 1 aromatic carbocycles. The number of nitrogens with one attached hydrogen (secondary N) is 2. The highest BCUT2D eigenvalue weighted by atomic mass is 35.5. The highest BCUT2D eigenvalue weighted by Crippen LogP contribution is 2.30. The van der Waals surface area contributed by atoms with E-state index in [9.17, 15) is 18.0 Å². The summed E-state index contributed by atoms with van der Waals surface area (Å²) in [4.78, 5) is 11.9. The summed E-state index contributed by atoms with van der Waals surface area (Å²) in [5, 5.41) is 9.69. The number of likely N-dealkylation sites (N-methyl/N-ethyl adjacent to an activating group) is 1. The first kappa shape index (κ1) is 20.0. The van der Waals surface area contributed by atoms with Gasteiger partial charge in [0, 0.05) is 18.8 Å². The first-order chi connectivity index (χ1) is 10.8. The van der Waals surface area contributed by atoms with Crippen molar-refractivity contribution < 1.29 is 18.0 Å². The van der Waals surface area contributed by atoms with Gasteiger partial charge in [0.1, 0.15) is 0 Å². The maximum Gasteiger partial charge on any atom is 0.416 e. The summed E-state index contributed by atoms with van der Waals surface area (Å²) >= 11 is 0. The van der Waals surface area contributed by atoms with E-state index in [4.69, 9.17) is 0 Å². The summed E-state index contributed by atoms with van der Waals surface area (Å²) in [5.41, 5.74) is -0.382. The number of hydrogen-bond donors (Lipinski definition) is 2. The van der Waals surface area contributed by atoms with Gasteiger partial charge in [-0.2, -0.15) is 18.3 Å². The van der Waals surface area contributed by atoms with E-state index >= 15 is 0 Å². The molecule has 2 rings (SSSR count). The molecule has 2 N–H and O–H groups in total. The number of alkyl halides is 3. The van der Waals surface area contributed by atoms with E-state index in [1.165, 1.54) is 29.1 Å². The molecule has 0 saturated heterocycles. The van der Waals surface area contributed by atoms with Gasteiger partial charge in [-0.3, -0.25) is 4.79 Å². The van der Waals surface area contributed by atoms with Gasteiger partial charge in [0.25, 0.3) is 5.91 Å². The van der Waals surface area contributed by atoms with Crippen LogP contribution in [0.3, 0.4) is 0 Å². The Morgan fingerprint density at radius 3 is 2.67 bits per heavy atom. The fraction of sp³-hybridized carbons (Fsp3) is 0.333. The second kappa shape index (κ2) is 8.16. The number of aromatic nitrogens is 2. The first-order valence-electron chi connectivity index (χ1n) is 7.00. The molecule has 9 heteroatoms. The van der Waals surface area contributed by atoms with E-state index in [0.29, 0.717) is 6.54 Å². The molecule has 0 aliphatic rings. The molecule has 0 saturated carbocycles. The minimum absolute atomic E-state index is 0. The van der Waals surface area contributed by atoms with Crippen LogP contribution in [0.4, 0.5) is 13.2 Å². The van der Waals surface area contributed by atoms with Crippen LogP contribution in [0.15, 0.2) is 36.5 Å². The molecule has 1 atom stereocenters. The zero-order valence-corrected chi connectivity index (χ0v) is 13.9. The fourth-order valence-corrected chi connectivity index (χ4v) is 1.85. The Morgan fingerprint density at radius 2 is 2.04 bits per heavy atom. The predicted molar refractivity (Wildman–Crippen MR) is 86.7 cm³/mol. The van der Waals surface area contributed by atoms with Crippen LogP contribution >= 0.6 is 12.4 Å². The lowest BCUT2D eigenvalue weighted by Crippen LogP contribution is -2.37. The molecule has 5 nitrogen and oxygen atoms in total. The van der Waals surface area contributed by atoms with Crippen LogP contribution in [0.1, 0.15) is 23.0 Å². The van der Waals surface area contributed by atoms with Gasteiger partial charge in [0.05, 0.1) is 11.3 Å². The van der Waals surface area contributed by atoms with Gasteiger partial charge in [0.15, 0.2) is 5.69 Å². The number of halogens is 4. The minimum Gasteiger partial charge on any atom is -0.349 e. The lowest BCUT2D eigenvalue weighted by atomic mass is 10.2. The summed E-state index contributed by atoms with van der Waals surface area (Å²) < 4.78 is 39.4. The van der Waals surface area contributed by atoms with Crippen molar-refractivity contribution in [3.8, 4) is 5.69 Å². The maximum absolute atomic E-state index is 12.7. The molecule has 1 heterocycles. The van der Waals surface area contributed by atoms with Crippen molar-refractivity contribution in [1.29, 1.82) is 0 Å². The Labute approximate surface area is 143 Å². The Bertz CT molecular complexity index is 687. The molecule has 1 aromatic heterocycles. The van der Waals surface area contributed by atoms with E-state index < -0.39 is 11.7 Å². The Kier molecular flexibility index (Phi) is 6.80. The van der Waals surface area contributed by atoms with Crippen molar-refractivity contribution in [3.05, 3.63) is 47.8 Å². The monoisotopic (exact) mass is 362 g/mol. The van der Waals surface area contributed by atoms with Gasteiger partial charge in [-0.25, -0.2) is 4.68 Å². The standard InChI is InChI=1S/C15H17F3N4O.ClH/c1-10(19-2)9-20-14(23)13-6-7-22(21-13)12-5-3-4-11(8-12)15(16,17)18;/h3-8,10,19H,9H2,1-2H3,(H,20,23);1H. The summed E-state index contributed by atoms with van der Waals surface area (Å²) in [6.07, 6.45) is -2.97. The summed E-state index contributed by atoms with van der Waals surface area (Å²) in [6.45, 7) is 2.33. The largest absolute Gasteiger partial charge is 0.416 e. The van der Waals surface area contributed by atoms with E-state index in [1.807, 2.05) is 6.92 Å². The molecule has 2 aromatic rings. The molecule has 0 fully saturated rings. The van der Waals surface area contributed by atoms with E-state index in [0.717, 1.165) is 12.1 Å². The fourth-order valence-electron chi connectivity index (χ4n) is 1.85. The average Bonchev–Trinajstić information content (AvgIpc) is 3.01. The SMILES string of the molecule is CNC(C)CNC(=O)c1ccn(-c2cccc(C(F)(F)F)c2)n1.Cl. The maximum atomic E-state index is 12.7. The van der Waals surface area contributed by atoms with Crippen LogP contribution < -0.4 is 10.6 Å². The van der Waals surface area contributed by atoms with Crippen LogP contribution in [-0.4, -0.2) is 35.3 Å². The Hall–Kier alpha value is -2.06. The lowest BCUT2D eigenvalue weighted by Gasteiger charge is -2.10. The average molecular weight is 363 g/mol. The second-order valence-corrected chi connectivity index (χ2v) is 5.09. The number of nitrogens with zero attached hydrogens (tertiary/aromatic N) is 2. The topological polar surface area (TPSA) is 58.9 Å². The third kappa shape index (κ3) is 4.97. The molecule has 0 aliphatic heterocycles. The van der Waals surface area contributed by atoms with Crippen LogP contribution in [0, 0.1) is 0 Å². The van der Waals surface area contributed by atoms with Crippen LogP contribution in [0.5, 0.6) is 0 Å². The third-order valence-corrected chi connectivity index (χ3v) is 3.32. The number of hydrogen-bond acceptors (Lipinski definition) is 3. The molecule has 132 valence electrons. The molecule has 0 spiro atoms. The normalized spacial score (nSPS) is 12.4. The molecule has 1 amide bonds. The summed E-state index contributed by atoms with van der Waals surface area (Å²) in [5.74, 6) is -0.377. The van der Waals surface area contributed by atoms with Crippen molar-refractivity contribution in [1.82, 2.24) is 20.4 Å². The molecule has 0 bridgehead atoms. The van der Waals surface area contributed by atoms with Crippen LogP contribution in [0.2, 0.25) is 0 Å². The molecule has 24 heavy (non-hydrogen) atoms. The number of benzene rings is 1. The van der Waals surface area contributed by atoms with Gasteiger partial charge in [-0.1, -0.05) is 6.07 Å². The van der Waals surface area contributed by atoms with Crippen LogP contribution in [0.25, 0.3) is 5.69 Å². The second-order valence-electron chi connectivity index (χ2n) is 5.09. The summed E-state index contributed by atoms with van der Waals surface area (Å²) in [6, 6.07) is 6.32. The van der Waals surface area contributed by atoms with Gasteiger partial charge in [-0.05, 0) is 38.2 Å². The molecule has 1 unspecified atom stereocenters. The Balaban J connectivity index is 0.00000288. The zero-order valence-electron chi connectivity index (χ0n) is 13.1. The van der Waals surface area contributed by atoms with Gasteiger partial charge in [0.2, 0.25) is 0 Å². The van der Waals surface area contributed by atoms with E-state index in [-0.39, 0.29) is 35.7 Å². The number of carbonyl (C=O) groups excluding carboxylic acids is 1. The smallest absolute Gasteiger partial charge is 0.349 e. The van der Waals surface area contributed by atoms with Crippen molar-refractivity contribution >= 4 is 18.3 Å². The van der Waals surface area contributed by atoms with Crippen LogP contribution in [-0.2, 0) is 6.18 Å². The van der Waals surface area contributed by atoms with Gasteiger partial charge < -0.3 is 10.6 Å². The molecular formula is C15H18ClF3N4O. The first-order valence-corrected chi connectivity index (χ1v) is 7.00. The number of carbonyl (C=O) groups is 1. The third-order valence-electron chi connectivity index (χ3n) is 3.32. The predicted octanol–water partition coefficient (Wildman–Crippen LogP) is 2.65. The minimum atomic E-state index is -4.42. The highest BCUT2D eigenvalue weighted by molar-refractivity contribution is 5.92. The van der Waals surface area contributed by atoms with Gasteiger partial charge >= 0.3 is 6.18 Å². The van der Waals surface area contributed by atoms with E-state index in [1.54, 1.807) is 7.05 Å². The summed E-state index contributed by atoms with van der Waals surface area (Å²) in [7, 11) is 1.78. The van der Waals surface area contributed by atoms with Crippen molar-refractivity contribution in [2.75, 3.05) is 13.6 Å². The quantitative estimate of drug-likeness (QED) is 0.859. The molecule has 0 radical (unpaired) electrons. The zero-order chi connectivity index (χ0) is 17.0. The number of rotatable bonds is 5. The van der Waals surface area contributed by atoms with Crippen molar-refractivity contribution in [2.45, 2.75) is 19.1 Å². The Morgan fingerprint density at radius 1 is 1.33 bits per heavy atom. The molecule has 0 aliphatic carbocycles. The van der Waals surface area contributed by atoms with Gasteiger partial charge in [-0.15, -0.1) is 12.4 Å². The molecular weight excluding hydrogens is 345 g/mol. The lowest BCUT2D eigenvalue weighted by molar-refractivity contribution is -0.137.